The topological polar surface area (TPSA) is 24.9 Å². The van der Waals surface area contributed by atoms with Gasteiger partial charge in [0.05, 0.1) is 6.20 Å². The molecule has 1 aromatic heterocycles. The summed E-state index contributed by atoms with van der Waals surface area (Å²) in [5.41, 5.74) is 1.01. The van der Waals surface area contributed by atoms with Crippen LogP contribution in [0.1, 0.15) is 5.56 Å². The van der Waals surface area contributed by atoms with Crippen LogP contribution in [-0.4, -0.2) is 4.98 Å². The average Bonchev–Trinajstić information content (AvgIpc) is 2.29. The summed E-state index contributed by atoms with van der Waals surface area (Å²) < 4.78 is 25.8. The third-order valence-electron chi connectivity index (χ3n) is 2.11. The lowest BCUT2D eigenvalue weighted by Crippen LogP contribution is -2.03. The standard InChI is InChI=1S/C12H10F2N2/c13-10-6-11(14)12(16-8-10)15-7-9-4-2-1-3-5-9/h1-6,8H,7H2,(H,15,16). The van der Waals surface area contributed by atoms with Crippen LogP contribution >= 0.6 is 0 Å². The lowest BCUT2D eigenvalue weighted by Gasteiger charge is -2.06. The Morgan fingerprint density at radius 3 is 2.56 bits per heavy atom. The molecule has 0 fully saturated rings. The molecule has 0 aliphatic heterocycles. The third-order valence-corrected chi connectivity index (χ3v) is 2.11. The number of anilines is 1. The normalized spacial score (nSPS) is 10.1. The summed E-state index contributed by atoms with van der Waals surface area (Å²) in [6, 6.07) is 10.3. The first-order valence-corrected chi connectivity index (χ1v) is 4.84. The van der Waals surface area contributed by atoms with Gasteiger partial charge in [0.2, 0.25) is 0 Å². The summed E-state index contributed by atoms with van der Waals surface area (Å²) in [5.74, 6) is -1.30. The summed E-state index contributed by atoms with van der Waals surface area (Å²) in [6.45, 7) is 0.455. The maximum Gasteiger partial charge on any atom is 0.168 e. The molecule has 1 N–H and O–H groups in total. The van der Waals surface area contributed by atoms with Crippen LogP contribution in [0.2, 0.25) is 0 Å². The molecule has 2 aromatic rings. The van der Waals surface area contributed by atoms with E-state index in [1.807, 2.05) is 30.3 Å². The lowest BCUT2D eigenvalue weighted by atomic mass is 10.2. The van der Waals surface area contributed by atoms with Gasteiger partial charge >= 0.3 is 0 Å². The van der Waals surface area contributed by atoms with Gasteiger partial charge in [0.25, 0.3) is 0 Å². The van der Waals surface area contributed by atoms with Crippen molar-refractivity contribution in [2.75, 3.05) is 5.32 Å². The first-order valence-electron chi connectivity index (χ1n) is 4.84. The van der Waals surface area contributed by atoms with Gasteiger partial charge in [-0.15, -0.1) is 0 Å². The molecule has 0 saturated heterocycles. The highest BCUT2D eigenvalue weighted by Gasteiger charge is 2.04. The van der Waals surface area contributed by atoms with Crippen LogP contribution in [0.3, 0.4) is 0 Å². The Hall–Kier alpha value is -1.97. The Balaban J connectivity index is 2.05. The zero-order valence-corrected chi connectivity index (χ0v) is 8.45. The molecule has 0 bridgehead atoms. The average molecular weight is 220 g/mol. The molecule has 0 atom stereocenters. The minimum Gasteiger partial charge on any atom is -0.364 e. The zero-order chi connectivity index (χ0) is 11.4. The summed E-state index contributed by atoms with van der Waals surface area (Å²) in [7, 11) is 0. The van der Waals surface area contributed by atoms with Gasteiger partial charge in [0.1, 0.15) is 5.82 Å². The maximum absolute atomic E-state index is 13.2. The second-order valence-corrected chi connectivity index (χ2v) is 3.32. The number of hydrogen-bond acceptors (Lipinski definition) is 2. The quantitative estimate of drug-likeness (QED) is 0.860. The van der Waals surface area contributed by atoms with Crippen molar-refractivity contribution in [3.63, 3.8) is 0 Å². The molecule has 0 aliphatic carbocycles. The molecule has 2 rings (SSSR count). The molecule has 0 spiro atoms. The first-order chi connectivity index (χ1) is 7.75. The number of benzene rings is 1. The number of aromatic nitrogens is 1. The summed E-state index contributed by atoms with van der Waals surface area (Å²) >= 11 is 0. The number of pyridine rings is 1. The van der Waals surface area contributed by atoms with Crippen molar-refractivity contribution in [1.82, 2.24) is 4.98 Å². The molecular weight excluding hydrogens is 210 g/mol. The van der Waals surface area contributed by atoms with Gasteiger partial charge in [-0.1, -0.05) is 30.3 Å². The van der Waals surface area contributed by atoms with E-state index in [1.165, 1.54) is 0 Å². The minimum absolute atomic E-state index is 0.0604. The fraction of sp³-hybridized carbons (Fsp3) is 0.0833. The van der Waals surface area contributed by atoms with E-state index >= 15 is 0 Å². The van der Waals surface area contributed by atoms with Gasteiger partial charge in [-0.2, -0.15) is 0 Å². The van der Waals surface area contributed by atoms with Crippen molar-refractivity contribution in [1.29, 1.82) is 0 Å². The van der Waals surface area contributed by atoms with E-state index in [4.69, 9.17) is 0 Å². The summed E-state index contributed by atoms with van der Waals surface area (Å²) in [6.07, 6.45) is 0.983. The van der Waals surface area contributed by atoms with Crippen molar-refractivity contribution in [2.24, 2.45) is 0 Å². The van der Waals surface area contributed by atoms with Crippen LogP contribution in [0.4, 0.5) is 14.6 Å². The largest absolute Gasteiger partial charge is 0.364 e. The van der Waals surface area contributed by atoms with Crippen LogP contribution in [-0.2, 0) is 6.54 Å². The number of nitrogens with one attached hydrogen (secondary N) is 1. The minimum atomic E-state index is -0.684. The molecule has 82 valence electrons. The molecule has 0 saturated carbocycles. The molecule has 16 heavy (non-hydrogen) atoms. The van der Waals surface area contributed by atoms with Gasteiger partial charge in [-0.25, -0.2) is 13.8 Å². The number of nitrogens with zero attached hydrogens (tertiary/aromatic N) is 1. The van der Waals surface area contributed by atoms with E-state index in [2.05, 4.69) is 10.3 Å². The van der Waals surface area contributed by atoms with E-state index in [0.717, 1.165) is 17.8 Å². The van der Waals surface area contributed by atoms with E-state index in [-0.39, 0.29) is 5.82 Å². The summed E-state index contributed by atoms with van der Waals surface area (Å²) in [5, 5.41) is 2.80. The second kappa shape index (κ2) is 4.70. The Kier molecular flexibility index (Phi) is 3.10. The maximum atomic E-state index is 13.2. The highest BCUT2D eigenvalue weighted by atomic mass is 19.1. The van der Waals surface area contributed by atoms with Crippen LogP contribution in [0.25, 0.3) is 0 Å². The van der Waals surface area contributed by atoms with Gasteiger partial charge in [0, 0.05) is 12.6 Å². The fourth-order valence-corrected chi connectivity index (χ4v) is 1.33. The predicted octanol–water partition coefficient (Wildman–Crippen LogP) is 2.97. The van der Waals surface area contributed by atoms with E-state index in [0.29, 0.717) is 6.54 Å². The van der Waals surface area contributed by atoms with Crippen LogP contribution in [0.15, 0.2) is 42.6 Å². The molecule has 1 heterocycles. The highest BCUT2D eigenvalue weighted by molar-refractivity contribution is 5.36. The van der Waals surface area contributed by atoms with E-state index in [9.17, 15) is 8.78 Å². The van der Waals surface area contributed by atoms with E-state index in [1.54, 1.807) is 0 Å². The van der Waals surface area contributed by atoms with Gasteiger partial charge in [-0.3, -0.25) is 0 Å². The number of hydrogen-bond donors (Lipinski definition) is 1. The van der Waals surface area contributed by atoms with Crippen LogP contribution in [0, 0.1) is 11.6 Å². The third kappa shape index (κ3) is 2.53. The van der Waals surface area contributed by atoms with Crippen molar-refractivity contribution in [3.05, 3.63) is 59.8 Å². The van der Waals surface area contributed by atoms with Crippen LogP contribution in [0.5, 0.6) is 0 Å². The number of halogens is 2. The molecule has 4 heteroatoms. The molecule has 0 unspecified atom stereocenters. The number of rotatable bonds is 3. The Morgan fingerprint density at radius 2 is 1.88 bits per heavy atom. The van der Waals surface area contributed by atoms with Crippen molar-refractivity contribution >= 4 is 5.82 Å². The second-order valence-electron chi connectivity index (χ2n) is 3.32. The lowest BCUT2D eigenvalue weighted by molar-refractivity contribution is 0.575. The fourth-order valence-electron chi connectivity index (χ4n) is 1.33. The zero-order valence-electron chi connectivity index (χ0n) is 8.45. The summed E-state index contributed by atoms with van der Waals surface area (Å²) in [4.78, 5) is 3.63. The Bertz CT molecular complexity index is 472. The molecular formula is C12H10F2N2. The molecule has 0 amide bonds. The highest BCUT2D eigenvalue weighted by Crippen LogP contribution is 2.12. The smallest absolute Gasteiger partial charge is 0.168 e. The molecule has 2 nitrogen and oxygen atoms in total. The molecule has 0 radical (unpaired) electrons. The molecule has 1 aromatic carbocycles. The van der Waals surface area contributed by atoms with Crippen molar-refractivity contribution in [3.8, 4) is 0 Å². The first kappa shape index (κ1) is 10.5. The van der Waals surface area contributed by atoms with Crippen LogP contribution < -0.4 is 5.32 Å². The monoisotopic (exact) mass is 220 g/mol. The van der Waals surface area contributed by atoms with Crippen molar-refractivity contribution < 1.29 is 8.78 Å². The Labute approximate surface area is 92.0 Å². The Morgan fingerprint density at radius 1 is 1.12 bits per heavy atom. The molecule has 0 aliphatic rings. The van der Waals surface area contributed by atoms with Gasteiger partial charge < -0.3 is 5.32 Å². The van der Waals surface area contributed by atoms with Gasteiger partial charge in [0.15, 0.2) is 11.6 Å². The van der Waals surface area contributed by atoms with E-state index < -0.39 is 11.6 Å². The predicted molar refractivity (Wildman–Crippen MR) is 57.9 cm³/mol. The van der Waals surface area contributed by atoms with Crippen molar-refractivity contribution in [2.45, 2.75) is 6.54 Å². The van der Waals surface area contributed by atoms with Gasteiger partial charge in [-0.05, 0) is 5.56 Å². The SMILES string of the molecule is Fc1cnc(NCc2ccccc2)c(F)c1.